The lowest BCUT2D eigenvalue weighted by atomic mass is 9.99. The van der Waals surface area contributed by atoms with Crippen molar-refractivity contribution in [2.24, 2.45) is 0 Å². The van der Waals surface area contributed by atoms with Gasteiger partial charge in [0.25, 0.3) is 0 Å². The predicted octanol–water partition coefficient (Wildman–Crippen LogP) is 5.63. The van der Waals surface area contributed by atoms with Crippen molar-refractivity contribution in [3.8, 4) is 28.4 Å². The number of hydrogen-bond donors (Lipinski definition) is 1. The summed E-state index contributed by atoms with van der Waals surface area (Å²) in [5.74, 6) is 1.47. The Bertz CT molecular complexity index is 1140. The number of hydrogen-bond acceptors (Lipinski definition) is 7. The summed E-state index contributed by atoms with van der Waals surface area (Å²) in [5, 5.41) is 0. The van der Waals surface area contributed by atoms with Crippen LogP contribution in [0.15, 0.2) is 59.5 Å². The van der Waals surface area contributed by atoms with E-state index in [1.165, 1.54) is 0 Å². The molecule has 3 aromatic carbocycles. The molecule has 0 atom stereocenters. The van der Waals surface area contributed by atoms with Crippen LogP contribution < -0.4 is 18.9 Å². The number of benzene rings is 3. The second-order valence-electron chi connectivity index (χ2n) is 7.83. The largest absolute Gasteiger partial charge is 0.493 e. The first kappa shape index (κ1) is 23.0. The average molecular weight is 466 g/mol. The first-order chi connectivity index (χ1) is 16.0. The number of nitrogens with one attached hydrogen (secondary N) is 1. The molecule has 7 heteroatoms. The van der Waals surface area contributed by atoms with Crippen LogP contribution in [-0.2, 0) is 18.0 Å². The molecule has 0 aliphatic carbocycles. The van der Waals surface area contributed by atoms with E-state index in [9.17, 15) is 4.79 Å². The van der Waals surface area contributed by atoms with Gasteiger partial charge in [-0.05, 0) is 80.4 Å². The predicted molar refractivity (Wildman–Crippen MR) is 129 cm³/mol. The Labute approximate surface area is 198 Å². The Hall–Kier alpha value is -3.16. The summed E-state index contributed by atoms with van der Waals surface area (Å²) in [6, 6.07) is 17.7. The molecular weight excluding hydrogens is 438 g/mol. The van der Waals surface area contributed by atoms with E-state index in [4.69, 9.17) is 18.9 Å². The maximum Gasteiger partial charge on any atom is 0.338 e. The lowest BCUT2D eigenvalue weighted by Gasteiger charge is -2.21. The molecule has 0 spiro atoms. The minimum absolute atomic E-state index is 0.0691. The van der Waals surface area contributed by atoms with Gasteiger partial charge in [-0.25, -0.2) is 4.79 Å². The lowest BCUT2D eigenvalue weighted by molar-refractivity contribution is 0.0535. The summed E-state index contributed by atoms with van der Waals surface area (Å²) in [6.07, 6.45) is -0.0691. The zero-order valence-electron chi connectivity index (χ0n) is 19.1. The van der Waals surface area contributed by atoms with Crippen molar-refractivity contribution in [3.05, 3.63) is 71.3 Å². The molecule has 0 unspecified atom stereocenters. The van der Waals surface area contributed by atoms with Crippen LogP contribution in [0, 0.1) is 0 Å². The lowest BCUT2D eigenvalue weighted by Crippen LogP contribution is -2.09. The van der Waals surface area contributed by atoms with E-state index in [1.807, 2.05) is 57.3 Å². The van der Waals surface area contributed by atoms with Gasteiger partial charge in [-0.1, -0.05) is 18.2 Å². The molecule has 1 aliphatic heterocycles. The number of methoxy groups -OCH3 is 1. The van der Waals surface area contributed by atoms with Gasteiger partial charge >= 0.3 is 5.97 Å². The molecule has 0 saturated heterocycles. The maximum absolute atomic E-state index is 11.9. The number of cyclic esters (lactones) is 1. The van der Waals surface area contributed by atoms with Crippen LogP contribution in [0.25, 0.3) is 11.1 Å². The number of carbonyl (C=O) groups excluding carboxylic acids is 1. The second kappa shape index (κ2) is 10.2. The molecule has 0 radical (unpaired) electrons. The molecule has 0 aromatic heterocycles. The summed E-state index contributed by atoms with van der Waals surface area (Å²) >= 11 is 1.56. The first-order valence-electron chi connectivity index (χ1n) is 10.7. The Kier molecular flexibility index (Phi) is 7.11. The zero-order chi connectivity index (χ0) is 23.4. The van der Waals surface area contributed by atoms with Gasteiger partial charge in [0.05, 0.1) is 18.8 Å². The van der Waals surface area contributed by atoms with Crippen LogP contribution in [0.3, 0.4) is 0 Å². The van der Waals surface area contributed by atoms with Gasteiger partial charge in [-0.3, -0.25) is 4.72 Å². The molecule has 33 heavy (non-hydrogen) atoms. The molecule has 1 heterocycles. The van der Waals surface area contributed by atoms with Gasteiger partial charge in [-0.2, -0.15) is 0 Å². The van der Waals surface area contributed by atoms with Crippen molar-refractivity contribution < 1.29 is 23.7 Å². The molecule has 4 rings (SSSR count). The summed E-state index contributed by atoms with van der Waals surface area (Å²) < 4.78 is 26.3. The van der Waals surface area contributed by atoms with Crippen molar-refractivity contribution in [3.63, 3.8) is 0 Å². The van der Waals surface area contributed by atoms with Gasteiger partial charge in [0.1, 0.15) is 13.2 Å². The third kappa shape index (κ3) is 5.10. The standard InChI is InChI=1S/C26H27NO5S/c1-16(2)32-25-23(29-4)12-11-21(18-7-10-22-19(13-18)15-31-26(22)28)24(25)30-14-17-5-8-20(9-6-17)33-27-3/h5-13,16,27H,14-15H2,1-4H3. The van der Waals surface area contributed by atoms with E-state index in [0.717, 1.165) is 27.1 Å². The van der Waals surface area contributed by atoms with E-state index >= 15 is 0 Å². The van der Waals surface area contributed by atoms with Crippen LogP contribution in [0.1, 0.15) is 35.3 Å². The van der Waals surface area contributed by atoms with Gasteiger partial charge in [0.15, 0.2) is 11.5 Å². The third-order valence-electron chi connectivity index (χ3n) is 5.17. The topological polar surface area (TPSA) is 66.0 Å². The molecule has 0 bridgehead atoms. The average Bonchev–Trinajstić information content (AvgIpc) is 3.18. The van der Waals surface area contributed by atoms with E-state index in [2.05, 4.69) is 16.9 Å². The van der Waals surface area contributed by atoms with Crippen molar-refractivity contribution in [2.75, 3.05) is 14.2 Å². The fourth-order valence-electron chi connectivity index (χ4n) is 3.65. The molecule has 6 nitrogen and oxygen atoms in total. The van der Waals surface area contributed by atoms with E-state index in [1.54, 1.807) is 25.1 Å². The number of fused-ring (bicyclic) bond motifs is 1. The zero-order valence-corrected chi connectivity index (χ0v) is 20.0. The van der Waals surface area contributed by atoms with Crippen LogP contribution in [0.4, 0.5) is 0 Å². The fraction of sp³-hybridized carbons (Fsp3) is 0.269. The second-order valence-corrected chi connectivity index (χ2v) is 8.91. The van der Waals surface area contributed by atoms with Crippen LogP contribution >= 0.6 is 11.9 Å². The van der Waals surface area contributed by atoms with E-state index < -0.39 is 0 Å². The third-order valence-corrected chi connectivity index (χ3v) is 5.88. The normalized spacial score (nSPS) is 12.5. The highest BCUT2D eigenvalue weighted by atomic mass is 32.2. The Morgan fingerprint density at radius 3 is 2.48 bits per heavy atom. The smallest absolute Gasteiger partial charge is 0.338 e. The van der Waals surface area contributed by atoms with Gasteiger partial charge < -0.3 is 18.9 Å². The monoisotopic (exact) mass is 465 g/mol. The van der Waals surface area contributed by atoms with Crippen molar-refractivity contribution in [1.82, 2.24) is 4.72 Å². The summed E-state index contributed by atoms with van der Waals surface area (Å²) in [7, 11) is 3.51. The highest BCUT2D eigenvalue weighted by molar-refractivity contribution is 7.97. The Balaban J connectivity index is 1.72. The summed E-state index contributed by atoms with van der Waals surface area (Å²) in [6.45, 7) is 4.57. The number of esters is 1. The summed E-state index contributed by atoms with van der Waals surface area (Å²) in [4.78, 5) is 13.0. The Morgan fingerprint density at radius 1 is 1.03 bits per heavy atom. The molecule has 0 amide bonds. The molecule has 1 N–H and O–H groups in total. The van der Waals surface area contributed by atoms with E-state index in [0.29, 0.717) is 29.4 Å². The van der Waals surface area contributed by atoms with Crippen LogP contribution in [0.5, 0.6) is 17.2 Å². The first-order valence-corrected chi connectivity index (χ1v) is 11.5. The molecule has 1 aliphatic rings. The molecule has 172 valence electrons. The van der Waals surface area contributed by atoms with Gasteiger partial charge in [-0.15, -0.1) is 0 Å². The highest BCUT2D eigenvalue weighted by Gasteiger charge is 2.24. The Morgan fingerprint density at radius 2 is 1.79 bits per heavy atom. The maximum atomic E-state index is 11.9. The fourth-order valence-corrected chi connectivity index (χ4v) is 4.16. The van der Waals surface area contributed by atoms with Crippen molar-refractivity contribution >= 4 is 17.9 Å². The summed E-state index contributed by atoms with van der Waals surface area (Å²) in [5.41, 5.74) is 4.28. The minimum Gasteiger partial charge on any atom is -0.493 e. The molecular formula is C26H27NO5S. The quantitative estimate of drug-likeness (QED) is 0.325. The number of carbonyl (C=O) groups is 1. The van der Waals surface area contributed by atoms with Crippen LogP contribution in [0.2, 0.25) is 0 Å². The van der Waals surface area contributed by atoms with Crippen molar-refractivity contribution in [2.45, 2.75) is 38.1 Å². The van der Waals surface area contributed by atoms with Gasteiger partial charge in [0.2, 0.25) is 5.75 Å². The molecule has 0 saturated carbocycles. The highest BCUT2D eigenvalue weighted by Crippen LogP contribution is 2.46. The molecule has 3 aromatic rings. The number of ether oxygens (including phenoxy) is 4. The van der Waals surface area contributed by atoms with Crippen LogP contribution in [-0.4, -0.2) is 26.2 Å². The minimum atomic E-state index is -0.286. The van der Waals surface area contributed by atoms with Gasteiger partial charge in [0, 0.05) is 16.0 Å². The van der Waals surface area contributed by atoms with E-state index in [-0.39, 0.29) is 18.7 Å². The van der Waals surface area contributed by atoms with Crippen molar-refractivity contribution in [1.29, 1.82) is 0 Å². The molecule has 0 fully saturated rings. The SMILES string of the molecule is CNSc1ccc(COc2c(-c3ccc4c(c3)COC4=O)ccc(OC)c2OC(C)C)cc1. The number of rotatable bonds is 9.